The summed E-state index contributed by atoms with van der Waals surface area (Å²) < 4.78 is 0. The van der Waals surface area contributed by atoms with Gasteiger partial charge in [-0.2, -0.15) is 0 Å². The molecule has 1 amide bonds. The number of rotatable bonds is 4. The zero-order chi connectivity index (χ0) is 13.1. The Kier molecular flexibility index (Phi) is 3.32. The minimum Gasteiger partial charge on any atom is -0.548 e. The molecule has 1 aromatic heterocycles. The predicted octanol–water partition coefficient (Wildman–Crippen LogP) is -0.0350. The van der Waals surface area contributed by atoms with Crippen molar-refractivity contribution in [2.75, 3.05) is 0 Å². The van der Waals surface area contributed by atoms with Crippen molar-refractivity contribution in [2.24, 2.45) is 0 Å². The Labute approximate surface area is 104 Å². The zero-order valence-electron chi connectivity index (χ0n) is 9.90. The number of aliphatic carboxylic acids is 1. The molecule has 0 aliphatic carbocycles. The van der Waals surface area contributed by atoms with Crippen LogP contribution in [0, 0.1) is 0 Å². The van der Waals surface area contributed by atoms with E-state index >= 15 is 0 Å². The molecule has 94 valence electrons. The van der Waals surface area contributed by atoms with Gasteiger partial charge in [-0.05, 0) is 18.6 Å². The molecule has 5 heteroatoms. The van der Waals surface area contributed by atoms with E-state index in [1.165, 1.54) is 6.92 Å². The summed E-state index contributed by atoms with van der Waals surface area (Å²) >= 11 is 0. The molecule has 1 heterocycles. The van der Waals surface area contributed by atoms with Crippen LogP contribution in [0.4, 0.5) is 0 Å². The molecule has 0 spiro atoms. The highest BCUT2D eigenvalue weighted by atomic mass is 16.4. The van der Waals surface area contributed by atoms with E-state index in [1.54, 1.807) is 6.20 Å². The Balaban J connectivity index is 2.10. The lowest BCUT2D eigenvalue weighted by Crippen LogP contribution is -2.46. The number of fused-ring (bicyclic) bond motifs is 1. The van der Waals surface area contributed by atoms with Gasteiger partial charge in [-0.25, -0.2) is 0 Å². The Morgan fingerprint density at radius 1 is 1.39 bits per heavy atom. The third-order valence-corrected chi connectivity index (χ3v) is 2.76. The van der Waals surface area contributed by atoms with Crippen molar-refractivity contribution in [3.8, 4) is 0 Å². The molecule has 0 fully saturated rings. The number of carbonyl (C=O) groups is 2. The van der Waals surface area contributed by atoms with E-state index in [-0.39, 0.29) is 12.3 Å². The molecule has 0 aliphatic heterocycles. The Morgan fingerprint density at radius 2 is 2.11 bits per heavy atom. The van der Waals surface area contributed by atoms with Gasteiger partial charge < -0.3 is 20.2 Å². The first-order valence-corrected chi connectivity index (χ1v) is 5.63. The van der Waals surface area contributed by atoms with Crippen LogP contribution >= 0.6 is 0 Å². The summed E-state index contributed by atoms with van der Waals surface area (Å²) in [7, 11) is 0. The molecule has 18 heavy (non-hydrogen) atoms. The first kappa shape index (κ1) is 12.2. The van der Waals surface area contributed by atoms with E-state index in [2.05, 4.69) is 10.3 Å². The third kappa shape index (κ3) is 2.51. The van der Waals surface area contributed by atoms with Crippen LogP contribution in [0.15, 0.2) is 30.5 Å². The summed E-state index contributed by atoms with van der Waals surface area (Å²) in [5.41, 5.74) is 1.79. The third-order valence-electron chi connectivity index (χ3n) is 2.76. The van der Waals surface area contributed by atoms with Gasteiger partial charge >= 0.3 is 0 Å². The van der Waals surface area contributed by atoms with Crippen molar-refractivity contribution in [3.63, 3.8) is 0 Å². The molecule has 2 N–H and O–H groups in total. The van der Waals surface area contributed by atoms with Crippen molar-refractivity contribution in [3.05, 3.63) is 36.0 Å². The quantitative estimate of drug-likeness (QED) is 0.793. The van der Waals surface area contributed by atoms with Crippen LogP contribution in [0.2, 0.25) is 0 Å². The van der Waals surface area contributed by atoms with Crippen molar-refractivity contribution in [1.29, 1.82) is 0 Å². The van der Waals surface area contributed by atoms with Crippen molar-refractivity contribution in [1.82, 2.24) is 10.3 Å². The van der Waals surface area contributed by atoms with E-state index in [0.29, 0.717) is 0 Å². The van der Waals surface area contributed by atoms with E-state index < -0.39 is 12.0 Å². The molecule has 0 saturated carbocycles. The largest absolute Gasteiger partial charge is 0.548 e. The summed E-state index contributed by atoms with van der Waals surface area (Å²) in [6.07, 6.45) is 1.90. The van der Waals surface area contributed by atoms with Crippen LogP contribution in [-0.4, -0.2) is 22.9 Å². The SMILES string of the molecule is CC(NC(=O)Cc1c[nH]c2ccccc12)C(=O)[O-]. The van der Waals surface area contributed by atoms with Crippen molar-refractivity contribution in [2.45, 2.75) is 19.4 Å². The highest BCUT2D eigenvalue weighted by Crippen LogP contribution is 2.17. The van der Waals surface area contributed by atoms with Gasteiger partial charge in [-0.1, -0.05) is 18.2 Å². The molecule has 2 rings (SSSR count). The van der Waals surface area contributed by atoms with E-state index in [4.69, 9.17) is 0 Å². The maximum atomic E-state index is 11.7. The summed E-state index contributed by atoms with van der Waals surface area (Å²) in [6, 6.07) is 6.64. The molecule has 5 nitrogen and oxygen atoms in total. The number of aromatic nitrogens is 1. The number of para-hydroxylation sites is 1. The first-order valence-electron chi connectivity index (χ1n) is 5.63. The number of carboxylic acids is 1. The van der Waals surface area contributed by atoms with Crippen LogP contribution in [0.25, 0.3) is 10.9 Å². The molecule has 2 aromatic rings. The fourth-order valence-corrected chi connectivity index (χ4v) is 1.80. The lowest BCUT2D eigenvalue weighted by atomic mass is 10.1. The number of H-pyrrole nitrogens is 1. The molecule has 1 atom stereocenters. The zero-order valence-corrected chi connectivity index (χ0v) is 9.90. The summed E-state index contributed by atoms with van der Waals surface area (Å²) in [4.78, 5) is 25.2. The summed E-state index contributed by atoms with van der Waals surface area (Å²) in [6.45, 7) is 1.38. The monoisotopic (exact) mass is 245 g/mol. The van der Waals surface area contributed by atoms with Gasteiger partial charge in [0.1, 0.15) is 0 Å². The van der Waals surface area contributed by atoms with Crippen LogP contribution in [0.3, 0.4) is 0 Å². The van der Waals surface area contributed by atoms with E-state index in [1.807, 2.05) is 24.3 Å². The van der Waals surface area contributed by atoms with E-state index in [0.717, 1.165) is 16.5 Å². The highest BCUT2D eigenvalue weighted by molar-refractivity contribution is 5.90. The van der Waals surface area contributed by atoms with Crippen molar-refractivity contribution < 1.29 is 14.7 Å². The maximum Gasteiger partial charge on any atom is 0.225 e. The Bertz CT molecular complexity index is 589. The Morgan fingerprint density at radius 3 is 2.83 bits per heavy atom. The van der Waals surface area contributed by atoms with Gasteiger partial charge in [0.05, 0.1) is 18.4 Å². The minimum atomic E-state index is -1.29. The smallest absolute Gasteiger partial charge is 0.225 e. The van der Waals surface area contributed by atoms with Gasteiger partial charge in [-0.15, -0.1) is 0 Å². The minimum absolute atomic E-state index is 0.141. The standard InChI is InChI=1S/C13H14N2O3/c1-8(13(17)18)15-12(16)6-9-7-14-11-5-3-2-4-10(9)11/h2-5,7-8,14H,6H2,1H3,(H,15,16)(H,17,18)/p-1. The van der Waals surface area contributed by atoms with Gasteiger partial charge in [0.2, 0.25) is 5.91 Å². The molecular formula is C13H13N2O3-. The molecule has 0 bridgehead atoms. The number of amides is 1. The maximum absolute atomic E-state index is 11.7. The normalized spacial score (nSPS) is 12.3. The Hall–Kier alpha value is -2.30. The van der Waals surface area contributed by atoms with Gasteiger partial charge in [0, 0.05) is 17.1 Å². The number of hydrogen-bond acceptors (Lipinski definition) is 3. The number of carboxylic acid groups (broad SMARTS) is 1. The van der Waals surface area contributed by atoms with Gasteiger partial charge in [0.15, 0.2) is 0 Å². The first-order chi connectivity index (χ1) is 8.58. The van der Waals surface area contributed by atoms with Crippen LogP contribution in [-0.2, 0) is 16.0 Å². The second-order valence-electron chi connectivity index (χ2n) is 4.14. The number of carbonyl (C=O) groups excluding carboxylic acids is 2. The number of nitrogens with one attached hydrogen (secondary N) is 2. The topological polar surface area (TPSA) is 85.0 Å². The lowest BCUT2D eigenvalue weighted by molar-refractivity contribution is -0.307. The van der Waals surface area contributed by atoms with Crippen molar-refractivity contribution >= 4 is 22.8 Å². The van der Waals surface area contributed by atoms with Gasteiger partial charge in [-0.3, -0.25) is 4.79 Å². The summed E-state index contributed by atoms with van der Waals surface area (Å²) in [5, 5.41) is 13.9. The molecule has 1 unspecified atom stereocenters. The second kappa shape index (κ2) is 4.91. The fraction of sp³-hybridized carbons (Fsp3) is 0.231. The van der Waals surface area contributed by atoms with E-state index in [9.17, 15) is 14.7 Å². The van der Waals surface area contributed by atoms with Crippen LogP contribution in [0.5, 0.6) is 0 Å². The van der Waals surface area contributed by atoms with Crippen LogP contribution in [0.1, 0.15) is 12.5 Å². The van der Waals surface area contributed by atoms with Crippen LogP contribution < -0.4 is 10.4 Å². The number of aromatic amines is 1. The van der Waals surface area contributed by atoms with Gasteiger partial charge in [0.25, 0.3) is 0 Å². The predicted molar refractivity (Wildman–Crippen MR) is 64.6 cm³/mol. The highest BCUT2D eigenvalue weighted by Gasteiger charge is 2.11. The average Bonchev–Trinajstić information content (AvgIpc) is 2.72. The molecule has 0 radical (unpaired) electrons. The number of hydrogen-bond donors (Lipinski definition) is 2. The average molecular weight is 245 g/mol. The molecule has 0 aliphatic rings. The summed E-state index contributed by atoms with van der Waals surface area (Å²) in [5.74, 6) is -1.63. The second-order valence-corrected chi connectivity index (χ2v) is 4.14. The molecule has 1 aromatic carbocycles. The molecular weight excluding hydrogens is 232 g/mol. The fourth-order valence-electron chi connectivity index (χ4n) is 1.80. The number of benzene rings is 1. The lowest BCUT2D eigenvalue weighted by Gasteiger charge is -2.14. The molecule has 0 saturated heterocycles.